The molecule has 0 radical (unpaired) electrons. The largest absolute Gasteiger partial charge is 0.434 e. The van der Waals surface area contributed by atoms with Crippen molar-refractivity contribution in [2.24, 2.45) is 0 Å². The van der Waals surface area contributed by atoms with Gasteiger partial charge in [0.25, 0.3) is 0 Å². The summed E-state index contributed by atoms with van der Waals surface area (Å²) in [5.41, 5.74) is 0.507. The van der Waals surface area contributed by atoms with Crippen LogP contribution in [-0.2, 0) is 9.59 Å². The Morgan fingerprint density at radius 1 is 1.33 bits per heavy atom. The van der Waals surface area contributed by atoms with Crippen LogP contribution in [0.4, 0.5) is 8.78 Å². The monoisotopic (exact) mass is 298 g/mol. The van der Waals surface area contributed by atoms with E-state index < -0.39 is 18.7 Å². The molecule has 1 fully saturated rings. The first kappa shape index (κ1) is 15.4. The van der Waals surface area contributed by atoms with Crippen molar-refractivity contribution in [3.8, 4) is 5.75 Å². The highest BCUT2D eigenvalue weighted by Crippen LogP contribution is 2.27. The molecule has 2 amide bonds. The number of nitrogens with one attached hydrogen (secondary N) is 1. The molecule has 0 bridgehead atoms. The van der Waals surface area contributed by atoms with Crippen LogP contribution < -0.4 is 10.1 Å². The Kier molecular flexibility index (Phi) is 4.52. The fourth-order valence-electron chi connectivity index (χ4n) is 2.32. The van der Waals surface area contributed by atoms with Crippen LogP contribution in [0.5, 0.6) is 5.75 Å². The maximum absolute atomic E-state index is 12.4. The number of para-hydroxylation sites is 1. The SMILES string of the molecule is CC(NC1CC(=O)N(C)C1=O)c1ccccc1OC(F)F. The van der Waals surface area contributed by atoms with Crippen LogP contribution in [-0.4, -0.2) is 36.4 Å². The van der Waals surface area contributed by atoms with Crippen LogP contribution in [0.3, 0.4) is 0 Å². The number of likely N-dealkylation sites (tertiary alicyclic amines) is 1. The molecule has 0 saturated carbocycles. The van der Waals surface area contributed by atoms with E-state index in [2.05, 4.69) is 10.1 Å². The molecule has 1 aliphatic heterocycles. The zero-order valence-corrected chi connectivity index (χ0v) is 11.7. The summed E-state index contributed by atoms with van der Waals surface area (Å²) in [5.74, 6) is -0.529. The maximum Gasteiger partial charge on any atom is 0.387 e. The average molecular weight is 298 g/mol. The lowest BCUT2D eigenvalue weighted by atomic mass is 10.1. The number of nitrogens with zero attached hydrogens (tertiary/aromatic N) is 1. The lowest BCUT2D eigenvalue weighted by Crippen LogP contribution is -2.38. The van der Waals surface area contributed by atoms with Crippen molar-refractivity contribution in [1.82, 2.24) is 10.2 Å². The molecule has 0 aromatic heterocycles. The third kappa shape index (κ3) is 3.36. The molecule has 1 N–H and O–H groups in total. The summed E-state index contributed by atoms with van der Waals surface area (Å²) in [5, 5.41) is 2.98. The standard InChI is InChI=1S/C14H16F2N2O3/c1-8(17-10-7-12(19)18(2)13(10)20)9-5-3-4-6-11(9)21-14(15)16/h3-6,8,10,14,17H,7H2,1-2H3. The smallest absolute Gasteiger partial charge is 0.387 e. The minimum atomic E-state index is -2.92. The second-order valence-electron chi connectivity index (χ2n) is 4.85. The quantitative estimate of drug-likeness (QED) is 0.841. The predicted molar refractivity (Wildman–Crippen MR) is 70.8 cm³/mol. The molecule has 2 unspecified atom stereocenters. The molecule has 1 aliphatic rings. The average Bonchev–Trinajstić information content (AvgIpc) is 2.66. The lowest BCUT2D eigenvalue weighted by Gasteiger charge is -2.20. The molecule has 2 atom stereocenters. The van der Waals surface area contributed by atoms with Crippen LogP contribution in [0.25, 0.3) is 0 Å². The second kappa shape index (κ2) is 6.17. The first-order valence-corrected chi connectivity index (χ1v) is 6.50. The molecule has 114 valence electrons. The summed E-state index contributed by atoms with van der Waals surface area (Å²) >= 11 is 0. The summed E-state index contributed by atoms with van der Waals surface area (Å²) in [4.78, 5) is 24.4. The predicted octanol–water partition coefficient (Wildman–Crippen LogP) is 1.70. The molecule has 1 heterocycles. The maximum atomic E-state index is 12.4. The van der Waals surface area contributed by atoms with Crippen molar-refractivity contribution in [1.29, 1.82) is 0 Å². The van der Waals surface area contributed by atoms with Crippen LogP contribution in [0, 0.1) is 0 Å². The summed E-state index contributed by atoms with van der Waals surface area (Å²) in [6.07, 6.45) is 0.0670. The Bertz CT molecular complexity index is 551. The van der Waals surface area contributed by atoms with Crippen LogP contribution in [0.2, 0.25) is 0 Å². The Hall–Kier alpha value is -2.02. The Morgan fingerprint density at radius 3 is 2.57 bits per heavy atom. The van der Waals surface area contributed by atoms with Crippen LogP contribution >= 0.6 is 0 Å². The molecule has 7 heteroatoms. The van der Waals surface area contributed by atoms with Gasteiger partial charge < -0.3 is 4.74 Å². The van der Waals surface area contributed by atoms with Gasteiger partial charge in [0.15, 0.2) is 0 Å². The molecule has 5 nitrogen and oxygen atoms in total. The van der Waals surface area contributed by atoms with E-state index >= 15 is 0 Å². The van der Waals surface area contributed by atoms with Crippen LogP contribution in [0.1, 0.15) is 24.9 Å². The zero-order chi connectivity index (χ0) is 15.6. The summed E-state index contributed by atoms with van der Waals surface area (Å²) in [7, 11) is 1.42. The Balaban J connectivity index is 2.12. The van der Waals surface area contributed by atoms with Crippen molar-refractivity contribution in [2.75, 3.05) is 7.05 Å². The van der Waals surface area contributed by atoms with Crippen molar-refractivity contribution in [3.63, 3.8) is 0 Å². The van der Waals surface area contributed by atoms with Gasteiger partial charge in [-0.2, -0.15) is 8.78 Å². The molecule has 2 rings (SSSR count). The molecule has 1 aromatic carbocycles. The topological polar surface area (TPSA) is 58.6 Å². The fourth-order valence-corrected chi connectivity index (χ4v) is 2.32. The highest BCUT2D eigenvalue weighted by atomic mass is 19.3. The number of halogens is 2. The number of rotatable bonds is 5. The molecular formula is C14H16F2N2O3. The Morgan fingerprint density at radius 2 is 2.00 bits per heavy atom. The highest BCUT2D eigenvalue weighted by Gasteiger charge is 2.36. The zero-order valence-electron chi connectivity index (χ0n) is 11.7. The normalized spacial score (nSPS) is 20.2. The van der Waals surface area contributed by atoms with Gasteiger partial charge in [-0.1, -0.05) is 18.2 Å². The third-order valence-electron chi connectivity index (χ3n) is 3.43. The minimum absolute atomic E-state index is 0.0534. The van der Waals surface area contributed by atoms with E-state index in [1.165, 1.54) is 13.1 Å². The molecule has 21 heavy (non-hydrogen) atoms. The van der Waals surface area contributed by atoms with Crippen molar-refractivity contribution < 1.29 is 23.1 Å². The van der Waals surface area contributed by atoms with Gasteiger partial charge in [0, 0.05) is 18.7 Å². The first-order valence-electron chi connectivity index (χ1n) is 6.50. The van der Waals surface area contributed by atoms with Gasteiger partial charge in [-0.3, -0.25) is 19.8 Å². The van der Waals surface area contributed by atoms with Crippen LogP contribution in [0.15, 0.2) is 24.3 Å². The molecule has 1 aromatic rings. The number of amides is 2. The Labute approximate surface area is 120 Å². The number of hydrogen-bond donors (Lipinski definition) is 1. The number of hydrogen-bond acceptors (Lipinski definition) is 4. The van der Waals surface area contributed by atoms with Gasteiger partial charge in [0.1, 0.15) is 5.75 Å². The van der Waals surface area contributed by atoms with Gasteiger partial charge in [-0.25, -0.2) is 0 Å². The number of carbonyl (C=O) groups is 2. The van der Waals surface area contributed by atoms with Gasteiger partial charge in [0.2, 0.25) is 11.8 Å². The lowest BCUT2D eigenvalue weighted by molar-refractivity contribution is -0.137. The first-order chi connectivity index (χ1) is 9.90. The minimum Gasteiger partial charge on any atom is -0.434 e. The van der Waals surface area contributed by atoms with Crippen molar-refractivity contribution in [2.45, 2.75) is 32.0 Å². The van der Waals surface area contributed by atoms with E-state index in [9.17, 15) is 18.4 Å². The van der Waals surface area contributed by atoms with E-state index in [4.69, 9.17) is 0 Å². The van der Waals surface area contributed by atoms with Crippen molar-refractivity contribution in [3.05, 3.63) is 29.8 Å². The summed E-state index contributed by atoms with van der Waals surface area (Å²) in [6.45, 7) is -1.19. The number of likely N-dealkylation sites (N-methyl/N-ethyl adjacent to an activating group) is 1. The number of imide groups is 1. The highest BCUT2D eigenvalue weighted by molar-refractivity contribution is 6.05. The van der Waals surface area contributed by atoms with Gasteiger partial charge in [-0.05, 0) is 13.0 Å². The van der Waals surface area contributed by atoms with E-state index in [-0.39, 0.29) is 24.0 Å². The van der Waals surface area contributed by atoms with E-state index in [1.54, 1.807) is 25.1 Å². The third-order valence-corrected chi connectivity index (χ3v) is 3.43. The van der Waals surface area contributed by atoms with E-state index in [1.807, 2.05) is 0 Å². The van der Waals surface area contributed by atoms with E-state index in [0.717, 1.165) is 4.90 Å². The van der Waals surface area contributed by atoms with Gasteiger partial charge >= 0.3 is 6.61 Å². The summed E-state index contributed by atoms with van der Waals surface area (Å²) in [6, 6.07) is 5.31. The number of carbonyl (C=O) groups excluding carboxylic acids is 2. The molecule has 1 saturated heterocycles. The fraction of sp³-hybridized carbons (Fsp3) is 0.429. The van der Waals surface area contributed by atoms with Crippen molar-refractivity contribution >= 4 is 11.8 Å². The molecular weight excluding hydrogens is 282 g/mol. The van der Waals surface area contributed by atoms with Gasteiger partial charge in [-0.15, -0.1) is 0 Å². The second-order valence-corrected chi connectivity index (χ2v) is 4.85. The van der Waals surface area contributed by atoms with Gasteiger partial charge in [0.05, 0.1) is 12.5 Å². The number of alkyl halides is 2. The summed E-state index contributed by atoms with van der Waals surface area (Å²) < 4.78 is 29.2. The molecule has 0 aliphatic carbocycles. The molecule has 0 spiro atoms. The van der Waals surface area contributed by atoms with E-state index in [0.29, 0.717) is 5.56 Å². The number of benzene rings is 1. The number of ether oxygens (including phenoxy) is 1.